The van der Waals surface area contributed by atoms with Gasteiger partial charge in [0.2, 0.25) is 0 Å². The van der Waals surface area contributed by atoms with E-state index in [1.807, 2.05) is 24.3 Å². The van der Waals surface area contributed by atoms with E-state index in [4.69, 9.17) is 5.11 Å². The lowest BCUT2D eigenvalue weighted by Gasteiger charge is -2.20. The molecule has 0 aliphatic carbocycles. The highest BCUT2D eigenvalue weighted by atomic mass is 16.4. The summed E-state index contributed by atoms with van der Waals surface area (Å²) in [5.41, 5.74) is 8.52. The van der Waals surface area contributed by atoms with Gasteiger partial charge in [0.1, 0.15) is 0 Å². The molecule has 8 heteroatoms. The Kier molecular flexibility index (Phi) is 6.16. The Hall–Kier alpha value is -3.94. The van der Waals surface area contributed by atoms with Crippen LogP contribution in [-0.4, -0.2) is 28.6 Å². The zero-order valence-electron chi connectivity index (χ0n) is 18.7. The molecule has 2 aromatic rings. The third-order valence-electron chi connectivity index (χ3n) is 5.11. The standard InChI is InChI=1S/C24H26N4O4/c1-14(25-26-21(29)16-7-6-8-17(13-16)23(31)32)20-15(2)27-28(22(20)30)19-11-9-18(10-12-19)24(3,4)5/h6-13,25H,1-5H3,(H,26,29)(H,31,32)/b20-14-. The molecule has 2 amide bonds. The minimum atomic E-state index is -1.12. The Morgan fingerprint density at radius 1 is 1.00 bits per heavy atom. The van der Waals surface area contributed by atoms with Crippen LogP contribution in [0.1, 0.15) is 60.9 Å². The molecule has 0 atom stereocenters. The molecule has 0 aromatic heterocycles. The maximum Gasteiger partial charge on any atom is 0.335 e. The molecule has 0 radical (unpaired) electrons. The normalized spacial score (nSPS) is 15.3. The highest BCUT2D eigenvalue weighted by Gasteiger charge is 2.31. The van der Waals surface area contributed by atoms with Crippen LogP contribution in [0.2, 0.25) is 0 Å². The number of carbonyl (C=O) groups excluding carboxylic acids is 2. The summed E-state index contributed by atoms with van der Waals surface area (Å²) in [6.07, 6.45) is 0. The summed E-state index contributed by atoms with van der Waals surface area (Å²) in [5.74, 6) is -1.95. The molecule has 0 saturated heterocycles. The first-order valence-electron chi connectivity index (χ1n) is 10.1. The first-order valence-corrected chi connectivity index (χ1v) is 10.1. The van der Waals surface area contributed by atoms with E-state index in [1.54, 1.807) is 13.8 Å². The first kappa shape index (κ1) is 22.7. The summed E-state index contributed by atoms with van der Waals surface area (Å²) in [6.45, 7) is 9.74. The molecule has 32 heavy (non-hydrogen) atoms. The number of rotatable bonds is 5. The quantitative estimate of drug-likeness (QED) is 0.492. The molecule has 1 aliphatic rings. The number of carboxylic acid groups (broad SMARTS) is 1. The number of hydrogen-bond donors (Lipinski definition) is 3. The Bertz CT molecular complexity index is 1140. The summed E-state index contributed by atoms with van der Waals surface area (Å²) in [6, 6.07) is 13.3. The largest absolute Gasteiger partial charge is 0.478 e. The van der Waals surface area contributed by atoms with E-state index in [1.165, 1.54) is 29.3 Å². The molecule has 0 saturated carbocycles. The van der Waals surface area contributed by atoms with Crippen molar-refractivity contribution in [2.24, 2.45) is 5.10 Å². The van der Waals surface area contributed by atoms with Gasteiger partial charge in [-0.05, 0) is 55.2 Å². The van der Waals surface area contributed by atoms with Gasteiger partial charge in [0.25, 0.3) is 11.8 Å². The van der Waals surface area contributed by atoms with Crippen LogP contribution in [0.25, 0.3) is 0 Å². The molecule has 0 unspecified atom stereocenters. The minimum absolute atomic E-state index is 0.000490. The van der Waals surface area contributed by atoms with Crippen LogP contribution in [0.4, 0.5) is 5.69 Å². The van der Waals surface area contributed by atoms with Crippen LogP contribution < -0.4 is 15.9 Å². The highest BCUT2D eigenvalue weighted by molar-refractivity contribution is 6.30. The topological polar surface area (TPSA) is 111 Å². The number of aromatic carboxylic acids is 1. The zero-order valence-corrected chi connectivity index (χ0v) is 18.7. The smallest absolute Gasteiger partial charge is 0.335 e. The summed E-state index contributed by atoms with van der Waals surface area (Å²) in [5, 5.41) is 14.8. The molecule has 0 fully saturated rings. The molecule has 0 spiro atoms. The van der Waals surface area contributed by atoms with Gasteiger partial charge in [-0.1, -0.05) is 39.0 Å². The Morgan fingerprint density at radius 2 is 1.62 bits per heavy atom. The van der Waals surface area contributed by atoms with E-state index in [9.17, 15) is 14.4 Å². The molecule has 1 aliphatic heterocycles. The number of allylic oxidation sites excluding steroid dienone is 1. The number of carboxylic acids is 1. The van der Waals surface area contributed by atoms with Crippen LogP contribution in [0.3, 0.4) is 0 Å². The number of carbonyl (C=O) groups is 3. The van der Waals surface area contributed by atoms with Gasteiger partial charge in [0.05, 0.1) is 22.5 Å². The van der Waals surface area contributed by atoms with Crippen LogP contribution in [0.5, 0.6) is 0 Å². The lowest BCUT2D eigenvalue weighted by Crippen LogP contribution is -2.38. The number of hydrazone groups is 1. The summed E-state index contributed by atoms with van der Waals surface area (Å²) < 4.78 is 0. The lowest BCUT2D eigenvalue weighted by molar-refractivity contribution is -0.114. The fourth-order valence-electron chi connectivity index (χ4n) is 3.29. The maximum atomic E-state index is 13.0. The molecule has 166 valence electrons. The molecule has 8 nitrogen and oxygen atoms in total. The second kappa shape index (κ2) is 8.66. The van der Waals surface area contributed by atoms with Gasteiger partial charge >= 0.3 is 5.97 Å². The van der Waals surface area contributed by atoms with Crippen molar-refractivity contribution in [3.8, 4) is 0 Å². The Balaban J connectivity index is 1.74. The van der Waals surface area contributed by atoms with Gasteiger partial charge in [-0.2, -0.15) is 10.1 Å². The third-order valence-corrected chi connectivity index (χ3v) is 5.11. The van der Waals surface area contributed by atoms with E-state index in [0.29, 0.717) is 22.7 Å². The van der Waals surface area contributed by atoms with E-state index in [2.05, 4.69) is 36.7 Å². The number of benzene rings is 2. The van der Waals surface area contributed by atoms with Crippen molar-refractivity contribution in [1.82, 2.24) is 10.9 Å². The van der Waals surface area contributed by atoms with Crippen molar-refractivity contribution in [3.63, 3.8) is 0 Å². The van der Waals surface area contributed by atoms with Crippen molar-refractivity contribution in [2.45, 2.75) is 40.0 Å². The van der Waals surface area contributed by atoms with E-state index < -0.39 is 11.9 Å². The Labute approximate surface area is 186 Å². The summed E-state index contributed by atoms with van der Waals surface area (Å²) in [4.78, 5) is 36.5. The van der Waals surface area contributed by atoms with Gasteiger partial charge in [-0.25, -0.2) is 4.79 Å². The predicted octanol–water partition coefficient (Wildman–Crippen LogP) is 3.61. The molecule has 3 rings (SSSR count). The fraction of sp³-hybridized carbons (Fsp3) is 0.250. The second-order valence-electron chi connectivity index (χ2n) is 8.56. The maximum absolute atomic E-state index is 13.0. The van der Waals surface area contributed by atoms with Gasteiger partial charge in [-0.15, -0.1) is 0 Å². The van der Waals surface area contributed by atoms with Crippen LogP contribution in [-0.2, 0) is 10.2 Å². The number of hydrazine groups is 1. The zero-order chi connectivity index (χ0) is 23.6. The number of nitrogens with one attached hydrogen (secondary N) is 2. The van der Waals surface area contributed by atoms with Crippen LogP contribution in [0.15, 0.2) is 64.9 Å². The number of nitrogens with zero attached hydrogens (tertiary/aromatic N) is 2. The number of hydrogen-bond acceptors (Lipinski definition) is 5. The fourth-order valence-corrected chi connectivity index (χ4v) is 3.29. The molecule has 3 N–H and O–H groups in total. The molecule has 1 heterocycles. The van der Waals surface area contributed by atoms with Gasteiger partial charge in [0, 0.05) is 11.3 Å². The lowest BCUT2D eigenvalue weighted by atomic mass is 9.87. The summed E-state index contributed by atoms with van der Waals surface area (Å²) in [7, 11) is 0. The molecular weight excluding hydrogens is 408 g/mol. The van der Waals surface area contributed by atoms with E-state index in [-0.39, 0.29) is 22.4 Å². The average molecular weight is 434 g/mol. The van der Waals surface area contributed by atoms with Crippen molar-refractivity contribution in [2.75, 3.05) is 5.01 Å². The second-order valence-corrected chi connectivity index (χ2v) is 8.56. The SMILES string of the molecule is CC1=NN(c2ccc(C(C)(C)C)cc2)C(=O)/C1=C(/C)NNC(=O)c1cccc(C(=O)O)c1. The van der Waals surface area contributed by atoms with Crippen LogP contribution >= 0.6 is 0 Å². The third kappa shape index (κ3) is 4.69. The number of amides is 2. The number of anilines is 1. The highest BCUT2D eigenvalue weighted by Crippen LogP contribution is 2.28. The predicted molar refractivity (Wildman–Crippen MR) is 122 cm³/mol. The molecule has 2 aromatic carbocycles. The average Bonchev–Trinajstić information content (AvgIpc) is 3.05. The Morgan fingerprint density at radius 3 is 2.22 bits per heavy atom. The van der Waals surface area contributed by atoms with E-state index in [0.717, 1.165) is 5.56 Å². The van der Waals surface area contributed by atoms with Crippen molar-refractivity contribution in [3.05, 3.63) is 76.5 Å². The monoisotopic (exact) mass is 434 g/mol. The first-order chi connectivity index (χ1) is 15.0. The van der Waals surface area contributed by atoms with Gasteiger partial charge in [0.15, 0.2) is 0 Å². The van der Waals surface area contributed by atoms with Gasteiger partial charge < -0.3 is 10.5 Å². The van der Waals surface area contributed by atoms with Crippen molar-refractivity contribution in [1.29, 1.82) is 0 Å². The van der Waals surface area contributed by atoms with E-state index >= 15 is 0 Å². The van der Waals surface area contributed by atoms with Crippen LogP contribution in [0, 0.1) is 0 Å². The molecule has 0 bridgehead atoms. The minimum Gasteiger partial charge on any atom is -0.478 e. The van der Waals surface area contributed by atoms with Gasteiger partial charge in [-0.3, -0.25) is 15.0 Å². The summed E-state index contributed by atoms with van der Waals surface area (Å²) >= 11 is 0. The van der Waals surface area contributed by atoms with Crippen molar-refractivity contribution >= 4 is 29.2 Å². The van der Waals surface area contributed by atoms with Crippen molar-refractivity contribution < 1.29 is 19.5 Å². The molecular formula is C24H26N4O4.